The van der Waals surface area contributed by atoms with Crippen LogP contribution in [-0.2, 0) is 11.2 Å². The van der Waals surface area contributed by atoms with E-state index in [4.69, 9.17) is 5.73 Å². The number of likely N-dealkylation sites (N-methyl/N-ethyl adjacent to an activating group) is 1. The average Bonchev–Trinajstić information content (AvgIpc) is 2.96. The van der Waals surface area contributed by atoms with Gasteiger partial charge in [-0.05, 0) is 13.5 Å². The summed E-state index contributed by atoms with van der Waals surface area (Å²) >= 11 is 1.48. The highest BCUT2D eigenvalue weighted by Crippen LogP contribution is 2.13. The first-order valence-corrected chi connectivity index (χ1v) is 8.44. The Morgan fingerprint density at radius 2 is 1.96 bits per heavy atom. The molecule has 1 fully saturated rings. The number of halogens is 2. The Morgan fingerprint density at radius 3 is 2.54 bits per heavy atom. The van der Waals surface area contributed by atoms with Crippen LogP contribution in [0.5, 0.6) is 0 Å². The second-order valence-corrected chi connectivity index (χ2v) is 6.13. The van der Waals surface area contributed by atoms with Gasteiger partial charge < -0.3 is 16.0 Å². The number of hydrogen-bond acceptors (Lipinski definition) is 6. The molecule has 1 aliphatic heterocycles. The van der Waals surface area contributed by atoms with Gasteiger partial charge in [-0.2, -0.15) is 0 Å². The van der Waals surface area contributed by atoms with Gasteiger partial charge in [0.1, 0.15) is 5.69 Å². The van der Waals surface area contributed by atoms with Gasteiger partial charge in [0.15, 0.2) is 0 Å². The van der Waals surface area contributed by atoms with Gasteiger partial charge in [-0.15, -0.1) is 36.2 Å². The van der Waals surface area contributed by atoms with E-state index in [0.717, 1.165) is 5.01 Å². The third-order valence-corrected chi connectivity index (χ3v) is 4.44. The Morgan fingerprint density at radius 1 is 1.29 bits per heavy atom. The number of hydrogen-bond donors (Lipinski definition) is 2. The monoisotopic (exact) mass is 397 g/mol. The number of thiazole rings is 1. The van der Waals surface area contributed by atoms with E-state index < -0.39 is 0 Å². The number of rotatable bonds is 6. The molecule has 1 aromatic rings. The fourth-order valence-corrected chi connectivity index (χ4v) is 3.16. The van der Waals surface area contributed by atoms with Crippen molar-refractivity contribution in [1.29, 1.82) is 0 Å². The summed E-state index contributed by atoms with van der Waals surface area (Å²) in [5.74, 6) is 0.00499. The largest absolute Gasteiger partial charge is 0.355 e. The molecule has 1 saturated heterocycles. The Kier molecular flexibility index (Phi) is 11.1. The zero-order chi connectivity index (χ0) is 15.9. The lowest BCUT2D eigenvalue weighted by Crippen LogP contribution is -2.51. The van der Waals surface area contributed by atoms with Crippen molar-refractivity contribution in [2.45, 2.75) is 13.3 Å². The average molecular weight is 398 g/mol. The SMILES string of the molecule is CCNC(=O)CN1CCN(C(=O)c2csc(CCN)n2)CC1.Cl.Cl. The van der Waals surface area contributed by atoms with E-state index in [2.05, 4.69) is 15.2 Å². The van der Waals surface area contributed by atoms with Gasteiger partial charge in [-0.25, -0.2) is 4.98 Å². The van der Waals surface area contributed by atoms with Crippen LogP contribution in [0.3, 0.4) is 0 Å². The zero-order valence-corrected chi connectivity index (χ0v) is 16.1. The molecule has 138 valence electrons. The van der Waals surface area contributed by atoms with Gasteiger partial charge in [0, 0.05) is 44.5 Å². The van der Waals surface area contributed by atoms with E-state index in [-0.39, 0.29) is 36.6 Å². The van der Waals surface area contributed by atoms with Gasteiger partial charge in [-0.3, -0.25) is 14.5 Å². The molecule has 2 amide bonds. The quantitative estimate of drug-likeness (QED) is 0.723. The minimum Gasteiger partial charge on any atom is -0.355 e. The van der Waals surface area contributed by atoms with Gasteiger partial charge >= 0.3 is 0 Å². The molecule has 1 aliphatic rings. The van der Waals surface area contributed by atoms with E-state index in [1.807, 2.05) is 6.92 Å². The predicted molar refractivity (Wildman–Crippen MR) is 100 cm³/mol. The number of aromatic nitrogens is 1. The van der Waals surface area contributed by atoms with Gasteiger partial charge in [0.05, 0.1) is 11.6 Å². The first kappa shape index (κ1) is 23.1. The molecule has 0 aromatic carbocycles. The van der Waals surface area contributed by atoms with Crippen LogP contribution in [0.15, 0.2) is 5.38 Å². The van der Waals surface area contributed by atoms with E-state index in [1.54, 1.807) is 10.3 Å². The summed E-state index contributed by atoms with van der Waals surface area (Å²) in [5, 5.41) is 5.49. The summed E-state index contributed by atoms with van der Waals surface area (Å²) in [7, 11) is 0. The van der Waals surface area contributed by atoms with Gasteiger partial charge in [0.25, 0.3) is 5.91 Å². The maximum absolute atomic E-state index is 12.4. The van der Waals surface area contributed by atoms with E-state index >= 15 is 0 Å². The number of amides is 2. The Labute approximate surface area is 158 Å². The second-order valence-electron chi connectivity index (χ2n) is 5.19. The topological polar surface area (TPSA) is 91.6 Å². The van der Waals surface area contributed by atoms with E-state index in [0.29, 0.717) is 57.9 Å². The smallest absolute Gasteiger partial charge is 0.273 e. The molecule has 0 radical (unpaired) electrons. The fraction of sp³-hybridized carbons (Fsp3) is 0.643. The molecule has 0 spiro atoms. The lowest BCUT2D eigenvalue weighted by molar-refractivity contribution is -0.122. The summed E-state index contributed by atoms with van der Waals surface area (Å²) < 4.78 is 0. The fourth-order valence-electron chi connectivity index (χ4n) is 2.37. The van der Waals surface area contributed by atoms with Crippen LogP contribution in [0, 0.1) is 0 Å². The second kappa shape index (κ2) is 11.6. The zero-order valence-electron chi connectivity index (χ0n) is 13.7. The van der Waals surface area contributed by atoms with E-state index in [9.17, 15) is 9.59 Å². The number of carbonyl (C=O) groups is 2. The number of nitrogens with two attached hydrogens (primary N) is 1. The highest BCUT2D eigenvalue weighted by atomic mass is 35.5. The van der Waals surface area contributed by atoms with Crippen molar-refractivity contribution < 1.29 is 9.59 Å². The Bertz CT molecular complexity index is 521. The highest BCUT2D eigenvalue weighted by molar-refractivity contribution is 7.09. The lowest BCUT2D eigenvalue weighted by Gasteiger charge is -2.33. The van der Waals surface area contributed by atoms with Crippen LogP contribution in [0.25, 0.3) is 0 Å². The Balaban J connectivity index is 0.00000264. The van der Waals surface area contributed by atoms with Crippen LogP contribution in [0.2, 0.25) is 0 Å². The van der Waals surface area contributed by atoms with Crippen molar-refractivity contribution in [3.8, 4) is 0 Å². The molecule has 0 bridgehead atoms. The maximum Gasteiger partial charge on any atom is 0.273 e. The number of nitrogens with zero attached hydrogens (tertiary/aromatic N) is 3. The standard InChI is InChI=1S/C14H23N5O2S.2ClH/c1-2-16-12(20)9-18-5-7-19(8-6-18)14(21)11-10-22-13(17-11)3-4-15;;/h10H,2-9,15H2,1H3,(H,16,20);2*1H. The van der Waals surface area contributed by atoms with Gasteiger partial charge in [0.2, 0.25) is 5.91 Å². The first-order valence-electron chi connectivity index (χ1n) is 7.56. The number of nitrogens with one attached hydrogen (secondary N) is 1. The molecule has 7 nitrogen and oxygen atoms in total. The molecule has 3 N–H and O–H groups in total. The summed E-state index contributed by atoms with van der Waals surface area (Å²) in [5.41, 5.74) is 6.00. The number of piperazine rings is 1. The molecule has 0 saturated carbocycles. The third kappa shape index (κ3) is 6.52. The summed E-state index contributed by atoms with van der Waals surface area (Å²) in [4.78, 5) is 32.2. The highest BCUT2D eigenvalue weighted by Gasteiger charge is 2.24. The molecular formula is C14H25Cl2N5O2S. The molecule has 0 unspecified atom stereocenters. The van der Waals surface area contributed by atoms with Crippen molar-refractivity contribution in [2.24, 2.45) is 5.73 Å². The summed E-state index contributed by atoms with van der Waals surface area (Å²) in [6.45, 7) is 6.16. The number of carbonyl (C=O) groups excluding carboxylic acids is 2. The van der Waals surface area contributed by atoms with Crippen molar-refractivity contribution in [3.63, 3.8) is 0 Å². The molecule has 10 heteroatoms. The normalized spacial score (nSPS) is 14.5. The van der Waals surface area contributed by atoms with Crippen molar-refractivity contribution in [1.82, 2.24) is 20.1 Å². The van der Waals surface area contributed by atoms with Crippen molar-refractivity contribution in [2.75, 3.05) is 45.8 Å². The van der Waals surface area contributed by atoms with Crippen molar-refractivity contribution >= 4 is 48.0 Å². The first-order chi connectivity index (χ1) is 10.6. The minimum atomic E-state index is -0.0304. The molecule has 1 aromatic heterocycles. The molecule has 2 heterocycles. The van der Waals surface area contributed by atoms with Crippen LogP contribution in [0.1, 0.15) is 22.4 Å². The third-order valence-electron chi connectivity index (χ3n) is 3.53. The summed E-state index contributed by atoms with van der Waals surface area (Å²) in [6.07, 6.45) is 0.707. The van der Waals surface area contributed by atoms with Crippen LogP contribution < -0.4 is 11.1 Å². The molecule has 2 rings (SSSR count). The minimum absolute atomic E-state index is 0. The Hall–Kier alpha value is -0.930. The lowest BCUT2D eigenvalue weighted by atomic mass is 10.3. The van der Waals surface area contributed by atoms with E-state index in [1.165, 1.54) is 11.3 Å². The maximum atomic E-state index is 12.4. The van der Waals surface area contributed by atoms with Crippen molar-refractivity contribution in [3.05, 3.63) is 16.1 Å². The summed E-state index contributed by atoms with van der Waals surface area (Å²) in [6, 6.07) is 0. The van der Waals surface area contributed by atoms with Crippen LogP contribution >= 0.6 is 36.2 Å². The van der Waals surface area contributed by atoms with Crippen LogP contribution in [0.4, 0.5) is 0 Å². The van der Waals surface area contributed by atoms with Gasteiger partial charge in [-0.1, -0.05) is 0 Å². The van der Waals surface area contributed by atoms with Crippen LogP contribution in [-0.4, -0.2) is 72.4 Å². The molecule has 0 aliphatic carbocycles. The predicted octanol–water partition coefficient (Wildman–Crippen LogP) is 0.382. The molecule has 24 heavy (non-hydrogen) atoms. The molecular weight excluding hydrogens is 373 g/mol. The molecule has 0 atom stereocenters.